The van der Waals surface area contributed by atoms with Crippen molar-refractivity contribution in [2.24, 2.45) is 0 Å². The van der Waals surface area contributed by atoms with Crippen molar-refractivity contribution in [1.82, 2.24) is 0 Å². The van der Waals surface area contributed by atoms with Gasteiger partial charge in [-0.3, -0.25) is 4.79 Å². The van der Waals surface area contributed by atoms with Gasteiger partial charge in [-0.25, -0.2) is 4.79 Å². The molecule has 0 amide bonds. The van der Waals surface area contributed by atoms with E-state index in [0.717, 1.165) is 0 Å². The number of hydrogen-bond donors (Lipinski definition) is 2. The molecule has 0 aromatic heterocycles. The molecule has 12 heavy (non-hydrogen) atoms. The maximum Gasteiger partial charge on any atom is 0.342 e. The molecule has 0 saturated heterocycles. The molecule has 0 heterocycles. The number of carbonyl (C=O) groups is 2. The van der Waals surface area contributed by atoms with E-state index in [2.05, 4.69) is 22.3 Å². The minimum Gasteiger partial charge on any atom is -0.465 e. The van der Waals surface area contributed by atoms with Crippen molar-refractivity contribution >= 4 is 24.6 Å². The van der Waals surface area contributed by atoms with Gasteiger partial charge >= 0.3 is 11.9 Å². The van der Waals surface area contributed by atoms with Gasteiger partial charge in [-0.15, -0.1) is 0 Å². The second-order valence-corrected chi connectivity index (χ2v) is 2.35. The van der Waals surface area contributed by atoms with Crippen LogP contribution >= 0.6 is 12.6 Å². The molecule has 0 atom stereocenters. The second kappa shape index (κ2) is 6.93. The summed E-state index contributed by atoms with van der Waals surface area (Å²) in [4.78, 5) is 24.3. The molecule has 0 aliphatic heterocycles. The molecule has 0 bridgehead atoms. The second-order valence-electron chi connectivity index (χ2n) is 1.91. The molecule has 70 valence electrons. The van der Waals surface area contributed by atoms with Gasteiger partial charge in [0.2, 0.25) is 0 Å². The molecule has 0 aliphatic rings. The van der Waals surface area contributed by atoms with Gasteiger partial charge in [-0.1, -0.05) is 0 Å². The molecule has 0 unspecified atom stereocenters. The number of hydrogen-bond acceptors (Lipinski definition) is 6. The molecule has 0 aliphatic carbocycles. The minimum absolute atomic E-state index is 0.0901. The number of ether oxygens (including phenoxy) is 1. The van der Waals surface area contributed by atoms with Gasteiger partial charge in [0.15, 0.2) is 0 Å². The lowest BCUT2D eigenvalue weighted by molar-refractivity contribution is -0.234. The lowest BCUT2D eigenvalue weighted by Gasteiger charge is -2.00. The summed E-state index contributed by atoms with van der Waals surface area (Å²) in [7, 11) is 0. The lowest BCUT2D eigenvalue weighted by Crippen LogP contribution is -2.10. The van der Waals surface area contributed by atoms with E-state index < -0.39 is 11.9 Å². The Hall–Kier alpha value is -0.750. The topological polar surface area (TPSA) is 72.8 Å². The summed E-state index contributed by atoms with van der Waals surface area (Å²) in [6, 6.07) is 0. The highest BCUT2D eigenvalue weighted by Crippen LogP contribution is 1.94. The first-order valence-electron chi connectivity index (χ1n) is 3.31. The fourth-order valence-electron chi connectivity index (χ4n) is 0.481. The summed E-state index contributed by atoms with van der Waals surface area (Å²) in [5, 5.41) is 7.81. The molecule has 1 N–H and O–H groups in total. The van der Waals surface area contributed by atoms with E-state index in [1.54, 1.807) is 0 Å². The molecule has 0 saturated carbocycles. The third-order valence-corrected chi connectivity index (χ3v) is 1.17. The van der Waals surface area contributed by atoms with Crippen LogP contribution in [0.2, 0.25) is 0 Å². The van der Waals surface area contributed by atoms with Gasteiger partial charge in [0, 0.05) is 5.75 Å². The summed E-state index contributed by atoms with van der Waals surface area (Å²) in [5.74, 6) is -0.914. The number of carbonyl (C=O) groups excluding carboxylic acids is 2. The normalized spacial score (nSPS) is 9.17. The first-order valence-corrected chi connectivity index (χ1v) is 3.94. The van der Waals surface area contributed by atoms with Crippen LogP contribution in [0.15, 0.2) is 0 Å². The van der Waals surface area contributed by atoms with E-state index in [0.29, 0.717) is 5.75 Å². The van der Waals surface area contributed by atoms with E-state index in [1.165, 1.54) is 0 Å². The highest BCUT2D eigenvalue weighted by Gasteiger charge is 2.07. The van der Waals surface area contributed by atoms with E-state index in [4.69, 9.17) is 5.26 Å². The molecule has 0 spiro atoms. The third-order valence-electron chi connectivity index (χ3n) is 0.989. The maximum atomic E-state index is 10.7. The Labute approximate surface area is 75.0 Å². The molecule has 5 nitrogen and oxygen atoms in total. The molecule has 6 heteroatoms. The molecule has 0 aromatic rings. The van der Waals surface area contributed by atoms with E-state index >= 15 is 0 Å². The van der Waals surface area contributed by atoms with E-state index in [1.807, 2.05) is 0 Å². The SMILES string of the molecule is O=C(CCC(=O)OCCS)OO. The van der Waals surface area contributed by atoms with Crippen LogP contribution in [0.1, 0.15) is 12.8 Å². The Balaban J connectivity index is 3.37. The fraction of sp³-hybridized carbons (Fsp3) is 0.667. The number of thiol groups is 1. The van der Waals surface area contributed by atoms with Crippen molar-refractivity contribution in [2.45, 2.75) is 12.8 Å². The maximum absolute atomic E-state index is 10.7. The highest BCUT2D eigenvalue weighted by atomic mass is 32.1. The first kappa shape index (κ1) is 11.2. The zero-order valence-electron chi connectivity index (χ0n) is 6.36. The van der Waals surface area contributed by atoms with Crippen molar-refractivity contribution in [3.63, 3.8) is 0 Å². The van der Waals surface area contributed by atoms with Crippen LogP contribution in [0.5, 0.6) is 0 Å². The summed E-state index contributed by atoms with van der Waals surface area (Å²) >= 11 is 3.81. The van der Waals surface area contributed by atoms with Crippen molar-refractivity contribution in [2.75, 3.05) is 12.4 Å². The molecule has 0 aromatic carbocycles. The van der Waals surface area contributed by atoms with Crippen LogP contribution in [0.4, 0.5) is 0 Å². The quantitative estimate of drug-likeness (QED) is 0.284. The van der Waals surface area contributed by atoms with Gasteiger partial charge in [0.1, 0.15) is 6.61 Å². The van der Waals surface area contributed by atoms with Crippen LogP contribution in [-0.2, 0) is 19.2 Å². The Bertz CT molecular complexity index is 158. The Kier molecular flexibility index (Phi) is 6.50. The molecular weight excluding hydrogens is 184 g/mol. The predicted octanol–water partition coefficient (Wildman–Crippen LogP) is 0.256. The molecular formula is C6H10O5S. The van der Waals surface area contributed by atoms with Gasteiger partial charge in [-0.05, 0) is 0 Å². The monoisotopic (exact) mass is 194 g/mol. The van der Waals surface area contributed by atoms with Gasteiger partial charge in [0.05, 0.1) is 12.8 Å². The predicted molar refractivity (Wildman–Crippen MR) is 42.8 cm³/mol. The van der Waals surface area contributed by atoms with Crippen LogP contribution in [0.25, 0.3) is 0 Å². The lowest BCUT2D eigenvalue weighted by atomic mass is 10.3. The standard InChI is InChI=1S/C6H10O5S/c7-5(10-3-4-12)1-2-6(8)11-9/h9,12H,1-4H2. The number of rotatable bonds is 5. The average molecular weight is 194 g/mol. The van der Waals surface area contributed by atoms with Crippen LogP contribution in [0.3, 0.4) is 0 Å². The van der Waals surface area contributed by atoms with Crippen LogP contribution in [-0.4, -0.2) is 29.6 Å². The Morgan fingerprint density at radius 2 is 1.83 bits per heavy atom. The summed E-state index contributed by atoms with van der Waals surface area (Å²) in [5.41, 5.74) is 0. The van der Waals surface area contributed by atoms with E-state index in [9.17, 15) is 9.59 Å². The molecule has 0 fully saturated rings. The van der Waals surface area contributed by atoms with Gasteiger partial charge in [0.25, 0.3) is 0 Å². The third kappa shape index (κ3) is 5.99. The summed E-state index contributed by atoms with van der Waals surface area (Å²) in [6.45, 7) is 0.218. The molecule has 0 rings (SSSR count). The fourth-order valence-corrected chi connectivity index (χ4v) is 0.573. The minimum atomic E-state index is -0.849. The Morgan fingerprint density at radius 1 is 1.25 bits per heavy atom. The largest absolute Gasteiger partial charge is 0.465 e. The smallest absolute Gasteiger partial charge is 0.342 e. The summed E-state index contributed by atoms with van der Waals surface area (Å²) < 4.78 is 4.58. The van der Waals surface area contributed by atoms with E-state index in [-0.39, 0.29) is 19.4 Å². The number of esters is 1. The van der Waals surface area contributed by atoms with Crippen molar-refractivity contribution < 1.29 is 24.5 Å². The van der Waals surface area contributed by atoms with Crippen molar-refractivity contribution in [3.8, 4) is 0 Å². The Morgan fingerprint density at radius 3 is 2.33 bits per heavy atom. The molecule has 0 radical (unpaired) electrons. The van der Waals surface area contributed by atoms with Crippen molar-refractivity contribution in [1.29, 1.82) is 0 Å². The van der Waals surface area contributed by atoms with Crippen LogP contribution in [0, 0.1) is 0 Å². The van der Waals surface area contributed by atoms with Gasteiger partial charge in [-0.2, -0.15) is 17.9 Å². The zero-order chi connectivity index (χ0) is 9.40. The average Bonchev–Trinajstić information content (AvgIpc) is 2.10. The van der Waals surface area contributed by atoms with Crippen molar-refractivity contribution in [3.05, 3.63) is 0 Å². The zero-order valence-corrected chi connectivity index (χ0v) is 7.25. The highest BCUT2D eigenvalue weighted by molar-refractivity contribution is 7.80. The van der Waals surface area contributed by atoms with Crippen LogP contribution < -0.4 is 0 Å². The summed E-state index contributed by atoms with van der Waals surface area (Å²) in [6.07, 6.45) is -0.269. The first-order chi connectivity index (χ1) is 5.70. The van der Waals surface area contributed by atoms with Gasteiger partial charge < -0.3 is 9.62 Å².